The normalized spacial score (nSPS) is 12.0. The molecular weight excluding hydrogens is 320 g/mol. The van der Waals surface area contributed by atoms with E-state index in [-0.39, 0.29) is 12.1 Å². The first-order valence-corrected chi connectivity index (χ1v) is 7.91. The van der Waals surface area contributed by atoms with Crippen LogP contribution in [0.25, 0.3) is 11.5 Å². The third-order valence-corrected chi connectivity index (χ3v) is 3.80. The number of hydrogen-bond acceptors (Lipinski definition) is 5. The summed E-state index contributed by atoms with van der Waals surface area (Å²) in [5, 5.41) is 17.9. The molecule has 2 aromatic heterocycles. The number of urea groups is 1. The average Bonchev–Trinajstić information content (AvgIpc) is 3.13. The highest BCUT2D eigenvalue weighted by atomic mass is 16.4. The summed E-state index contributed by atoms with van der Waals surface area (Å²) in [4.78, 5) is 12.4. The second kappa shape index (κ2) is 6.76. The molecule has 0 spiro atoms. The van der Waals surface area contributed by atoms with E-state index in [4.69, 9.17) is 4.42 Å². The molecule has 0 fully saturated rings. The van der Waals surface area contributed by atoms with Crippen LogP contribution in [0.5, 0.6) is 0 Å². The zero-order valence-electron chi connectivity index (χ0n) is 14.6. The molecule has 130 valence electrons. The van der Waals surface area contributed by atoms with Gasteiger partial charge in [0.1, 0.15) is 0 Å². The van der Waals surface area contributed by atoms with Crippen LogP contribution in [0.15, 0.2) is 34.9 Å². The van der Waals surface area contributed by atoms with Crippen LogP contribution in [0, 0.1) is 13.8 Å². The zero-order chi connectivity index (χ0) is 18.0. The molecule has 3 aromatic rings. The van der Waals surface area contributed by atoms with Crippen molar-refractivity contribution in [1.82, 2.24) is 25.3 Å². The van der Waals surface area contributed by atoms with Gasteiger partial charge in [-0.25, -0.2) is 4.79 Å². The van der Waals surface area contributed by atoms with E-state index < -0.39 is 0 Å². The minimum Gasteiger partial charge on any atom is -0.421 e. The first-order valence-electron chi connectivity index (χ1n) is 7.91. The first-order chi connectivity index (χ1) is 11.9. The number of carbonyl (C=O) groups is 1. The van der Waals surface area contributed by atoms with Gasteiger partial charge in [0.05, 0.1) is 23.0 Å². The van der Waals surface area contributed by atoms with Gasteiger partial charge in [0.25, 0.3) is 0 Å². The molecular formula is C17H20N6O2. The van der Waals surface area contributed by atoms with Gasteiger partial charge >= 0.3 is 6.03 Å². The monoisotopic (exact) mass is 340 g/mol. The quantitative estimate of drug-likeness (QED) is 0.761. The Morgan fingerprint density at radius 2 is 2.00 bits per heavy atom. The molecule has 0 saturated heterocycles. The van der Waals surface area contributed by atoms with Crippen LogP contribution < -0.4 is 10.6 Å². The maximum Gasteiger partial charge on any atom is 0.319 e. The van der Waals surface area contributed by atoms with Crippen molar-refractivity contribution in [3.63, 3.8) is 0 Å². The van der Waals surface area contributed by atoms with Gasteiger partial charge in [-0.1, -0.05) is 12.1 Å². The number of nitrogens with zero attached hydrogens (tertiary/aromatic N) is 4. The summed E-state index contributed by atoms with van der Waals surface area (Å²) in [7, 11) is 1.85. The lowest BCUT2D eigenvalue weighted by atomic mass is 10.1. The Bertz CT molecular complexity index is 898. The van der Waals surface area contributed by atoms with Gasteiger partial charge in [-0.2, -0.15) is 5.10 Å². The highest BCUT2D eigenvalue weighted by Crippen LogP contribution is 2.26. The van der Waals surface area contributed by atoms with Crippen molar-refractivity contribution in [1.29, 1.82) is 0 Å². The number of benzene rings is 1. The zero-order valence-corrected chi connectivity index (χ0v) is 14.6. The van der Waals surface area contributed by atoms with Gasteiger partial charge in [-0.05, 0) is 26.0 Å². The lowest BCUT2D eigenvalue weighted by Gasteiger charge is -2.15. The molecule has 25 heavy (non-hydrogen) atoms. The molecule has 0 unspecified atom stereocenters. The third-order valence-electron chi connectivity index (χ3n) is 3.80. The Hall–Kier alpha value is -3.16. The number of aryl methyl sites for hydroxylation is 3. The number of amides is 2. The number of aromatic nitrogens is 4. The standard InChI is InChI=1S/C17H20N6O2/c1-10(14-9-23(4)22-11(14)2)18-17(24)19-15-8-6-5-7-13(15)16-21-20-12(3)25-16/h5-10H,1-4H3,(H2,18,19,24)/t10-/m0/s1. The summed E-state index contributed by atoms with van der Waals surface area (Å²) in [5.41, 5.74) is 3.12. The molecule has 0 radical (unpaired) electrons. The van der Waals surface area contributed by atoms with E-state index in [1.54, 1.807) is 17.7 Å². The molecule has 1 aromatic carbocycles. The molecule has 2 N–H and O–H groups in total. The molecule has 0 aliphatic carbocycles. The van der Waals surface area contributed by atoms with Crippen LogP contribution in [-0.2, 0) is 7.05 Å². The fourth-order valence-corrected chi connectivity index (χ4v) is 2.66. The van der Waals surface area contributed by atoms with E-state index in [2.05, 4.69) is 25.9 Å². The van der Waals surface area contributed by atoms with Crippen LogP contribution >= 0.6 is 0 Å². The van der Waals surface area contributed by atoms with Gasteiger partial charge in [0, 0.05) is 25.7 Å². The van der Waals surface area contributed by atoms with Crippen molar-refractivity contribution in [3.05, 3.63) is 47.6 Å². The van der Waals surface area contributed by atoms with E-state index in [9.17, 15) is 4.79 Å². The van der Waals surface area contributed by atoms with Crippen molar-refractivity contribution >= 4 is 11.7 Å². The van der Waals surface area contributed by atoms with Crippen molar-refractivity contribution in [2.24, 2.45) is 7.05 Å². The highest BCUT2D eigenvalue weighted by Gasteiger charge is 2.16. The Morgan fingerprint density at radius 3 is 2.64 bits per heavy atom. The van der Waals surface area contributed by atoms with Gasteiger partial charge in [0.15, 0.2) is 0 Å². The van der Waals surface area contributed by atoms with Crippen LogP contribution in [0.2, 0.25) is 0 Å². The lowest BCUT2D eigenvalue weighted by molar-refractivity contribution is 0.249. The molecule has 8 heteroatoms. The van der Waals surface area contributed by atoms with E-state index in [0.29, 0.717) is 23.0 Å². The molecule has 2 heterocycles. The minimum absolute atomic E-state index is 0.175. The summed E-state index contributed by atoms with van der Waals surface area (Å²) in [6.45, 7) is 5.55. The van der Waals surface area contributed by atoms with Crippen molar-refractivity contribution < 1.29 is 9.21 Å². The van der Waals surface area contributed by atoms with E-state index in [1.807, 2.05) is 45.3 Å². The topological polar surface area (TPSA) is 97.9 Å². The molecule has 1 atom stereocenters. The predicted molar refractivity (Wildman–Crippen MR) is 93.0 cm³/mol. The van der Waals surface area contributed by atoms with Crippen LogP contribution in [0.1, 0.15) is 30.1 Å². The molecule has 0 aliphatic rings. The van der Waals surface area contributed by atoms with Gasteiger partial charge in [-0.3, -0.25) is 4.68 Å². The number of anilines is 1. The fourth-order valence-electron chi connectivity index (χ4n) is 2.66. The van der Waals surface area contributed by atoms with Crippen molar-refractivity contribution in [2.75, 3.05) is 5.32 Å². The second-order valence-electron chi connectivity index (χ2n) is 5.84. The smallest absolute Gasteiger partial charge is 0.319 e. The number of nitrogens with one attached hydrogen (secondary N) is 2. The Labute approximate surface area is 145 Å². The molecule has 2 amide bonds. The SMILES string of the molecule is Cc1nnc(-c2ccccc2NC(=O)N[C@@H](C)c2cn(C)nc2C)o1. The van der Waals surface area contributed by atoms with Crippen LogP contribution in [-0.4, -0.2) is 26.0 Å². The average molecular weight is 340 g/mol. The fraction of sp³-hybridized carbons (Fsp3) is 0.294. The molecule has 0 saturated carbocycles. The number of para-hydroxylation sites is 1. The van der Waals surface area contributed by atoms with Crippen molar-refractivity contribution in [3.8, 4) is 11.5 Å². The summed E-state index contributed by atoms with van der Waals surface area (Å²) in [6.07, 6.45) is 1.90. The van der Waals surface area contributed by atoms with Gasteiger partial charge in [-0.15, -0.1) is 10.2 Å². The van der Waals surface area contributed by atoms with Crippen molar-refractivity contribution in [2.45, 2.75) is 26.8 Å². The summed E-state index contributed by atoms with van der Waals surface area (Å²) in [6, 6.07) is 6.79. The minimum atomic E-state index is -0.320. The Kier molecular flexibility index (Phi) is 4.51. The largest absolute Gasteiger partial charge is 0.421 e. The molecule has 3 rings (SSSR count). The maximum absolute atomic E-state index is 12.4. The Morgan fingerprint density at radius 1 is 1.24 bits per heavy atom. The molecule has 8 nitrogen and oxygen atoms in total. The Balaban J connectivity index is 1.74. The molecule has 0 aliphatic heterocycles. The van der Waals surface area contributed by atoms with Crippen LogP contribution in [0.3, 0.4) is 0 Å². The summed E-state index contributed by atoms with van der Waals surface area (Å²) in [5.74, 6) is 0.833. The predicted octanol–water partition coefficient (Wildman–Crippen LogP) is 2.97. The van der Waals surface area contributed by atoms with Gasteiger partial charge in [0.2, 0.25) is 11.8 Å². The summed E-state index contributed by atoms with van der Waals surface area (Å²) >= 11 is 0. The van der Waals surface area contributed by atoms with Gasteiger partial charge < -0.3 is 15.1 Å². The van der Waals surface area contributed by atoms with E-state index in [1.165, 1.54) is 0 Å². The lowest BCUT2D eigenvalue weighted by Crippen LogP contribution is -2.31. The second-order valence-corrected chi connectivity index (χ2v) is 5.84. The third kappa shape index (κ3) is 3.68. The highest BCUT2D eigenvalue weighted by molar-refractivity contribution is 5.93. The number of carbonyl (C=O) groups excluding carboxylic acids is 1. The number of hydrogen-bond donors (Lipinski definition) is 2. The van der Waals surface area contributed by atoms with E-state index >= 15 is 0 Å². The first kappa shape index (κ1) is 16.7. The van der Waals surface area contributed by atoms with Crippen LogP contribution in [0.4, 0.5) is 10.5 Å². The van der Waals surface area contributed by atoms with E-state index in [0.717, 1.165) is 11.3 Å². The molecule has 0 bridgehead atoms. The summed E-state index contributed by atoms with van der Waals surface area (Å²) < 4.78 is 7.19. The number of rotatable bonds is 4. The maximum atomic E-state index is 12.4.